The van der Waals surface area contributed by atoms with Gasteiger partial charge >= 0.3 is 0 Å². The molecule has 0 N–H and O–H groups in total. The zero-order valence-corrected chi connectivity index (χ0v) is 14.8. The topological polar surface area (TPSA) is 0 Å². The highest BCUT2D eigenvalue weighted by atomic mass is 31.1. The maximum absolute atomic E-state index is 2.32. The van der Waals surface area contributed by atoms with Crippen LogP contribution in [0.4, 0.5) is 0 Å². The standard InChI is InChI=1S/C22H21P/c1-16-14-21(15-17(2)18(16)3)23-22(19-10-6-4-7-11-19)20-12-8-5-9-13-20/h4-15H,1-3H3. The minimum atomic E-state index is 1.25. The molecule has 0 amide bonds. The summed E-state index contributed by atoms with van der Waals surface area (Å²) in [6.45, 7) is 6.60. The van der Waals surface area contributed by atoms with Crippen LogP contribution in [0, 0.1) is 20.8 Å². The predicted octanol–water partition coefficient (Wildman–Crippen LogP) is 5.45. The van der Waals surface area contributed by atoms with Crippen LogP contribution in [0.5, 0.6) is 0 Å². The Morgan fingerprint density at radius 3 is 1.52 bits per heavy atom. The van der Waals surface area contributed by atoms with Crippen LogP contribution in [0.15, 0.2) is 72.8 Å². The van der Waals surface area contributed by atoms with Gasteiger partial charge in [-0.2, -0.15) is 0 Å². The van der Waals surface area contributed by atoms with E-state index in [9.17, 15) is 0 Å². The van der Waals surface area contributed by atoms with E-state index in [-0.39, 0.29) is 0 Å². The molecule has 3 aromatic rings. The van der Waals surface area contributed by atoms with Crippen LogP contribution in [0.1, 0.15) is 27.8 Å². The van der Waals surface area contributed by atoms with Crippen LogP contribution in [0.2, 0.25) is 0 Å². The highest BCUT2D eigenvalue weighted by Crippen LogP contribution is 2.20. The molecule has 0 bridgehead atoms. The van der Waals surface area contributed by atoms with Crippen LogP contribution in [0.3, 0.4) is 0 Å². The SMILES string of the molecule is Cc1cc(P=C(c2ccccc2)c2ccccc2)cc(C)c1C. The Morgan fingerprint density at radius 1 is 0.652 bits per heavy atom. The first-order valence-electron chi connectivity index (χ1n) is 7.92. The number of hydrogen-bond acceptors (Lipinski definition) is 0. The maximum atomic E-state index is 2.32. The monoisotopic (exact) mass is 316 g/mol. The summed E-state index contributed by atoms with van der Waals surface area (Å²) in [5, 5.41) is 2.71. The molecule has 0 aliphatic heterocycles. The molecule has 114 valence electrons. The fourth-order valence-electron chi connectivity index (χ4n) is 2.69. The van der Waals surface area contributed by atoms with Gasteiger partial charge in [-0.05, 0) is 60.7 Å². The normalized spacial score (nSPS) is 10.7. The van der Waals surface area contributed by atoms with E-state index in [0.717, 1.165) is 0 Å². The van der Waals surface area contributed by atoms with Crippen molar-refractivity contribution in [1.82, 2.24) is 0 Å². The average Bonchev–Trinajstić information content (AvgIpc) is 2.59. The van der Waals surface area contributed by atoms with Gasteiger partial charge in [-0.3, -0.25) is 0 Å². The van der Waals surface area contributed by atoms with Crippen molar-refractivity contribution >= 4 is 18.8 Å². The molecule has 0 aliphatic carbocycles. The fraction of sp³-hybridized carbons (Fsp3) is 0.136. The second kappa shape index (κ2) is 6.94. The summed E-state index contributed by atoms with van der Waals surface area (Å²) in [6, 6.07) is 26.0. The van der Waals surface area contributed by atoms with Crippen LogP contribution < -0.4 is 5.30 Å². The van der Waals surface area contributed by atoms with Gasteiger partial charge in [-0.1, -0.05) is 68.9 Å². The lowest BCUT2D eigenvalue weighted by Crippen LogP contribution is -2.05. The Bertz CT molecular complexity index is 766. The molecule has 3 aromatic carbocycles. The Balaban J connectivity index is 2.16. The van der Waals surface area contributed by atoms with Crippen molar-refractivity contribution < 1.29 is 0 Å². The van der Waals surface area contributed by atoms with E-state index in [4.69, 9.17) is 0 Å². The molecule has 0 radical (unpaired) electrons. The lowest BCUT2D eigenvalue weighted by atomic mass is 10.0. The smallest absolute Gasteiger partial charge is 0.0168 e. The molecule has 0 nitrogen and oxygen atoms in total. The van der Waals surface area contributed by atoms with Gasteiger partial charge in [-0.15, -0.1) is 0 Å². The minimum absolute atomic E-state index is 1.25. The summed E-state index contributed by atoms with van der Waals surface area (Å²) in [6.07, 6.45) is 0. The summed E-state index contributed by atoms with van der Waals surface area (Å²) in [5.74, 6) is 0. The molecule has 0 aliphatic rings. The largest absolute Gasteiger partial charge is 0.0622 e. The molecule has 0 saturated heterocycles. The highest BCUT2D eigenvalue weighted by molar-refractivity contribution is 7.50. The van der Waals surface area contributed by atoms with Crippen molar-refractivity contribution in [2.24, 2.45) is 0 Å². The van der Waals surface area contributed by atoms with E-state index in [0.29, 0.717) is 0 Å². The van der Waals surface area contributed by atoms with E-state index in [1.807, 2.05) is 0 Å². The van der Waals surface area contributed by atoms with Crippen molar-refractivity contribution in [3.8, 4) is 0 Å². The molecule has 23 heavy (non-hydrogen) atoms. The molecular weight excluding hydrogens is 295 g/mol. The Kier molecular flexibility index (Phi) is 4.74. The summed E-state index contributed by atoms with van der Waals surface area (Å²) >= 11 is 0. The van der Waals surface area contributed by atoms with Gasteiger partial charge in [0.25, 0.3) is 0 Å². The van der Waals surface area contributed by atoms with Gasteiger partial charge in [0.1, 0.15) is 0 Å². The molecular formula is C22H21P. The number of benzene rings is 3. The molecule has 0 unspecified atom stereocenters. The van der Waals surface area contributed by atoms with Crippen molar-refractivity contribution in [2.45, 2.75) is 20.8 Å². The van der Waals surface area contributed by atoms with Crippen LogP contribution in [-0.4, -0.2) is 5.29 Å². The number of hydrogen-bond donors (Lipinski definition) is 0. The first-order chi connectivity index (χ1) is 11.1. The van der Waals surface area contributed by atoms with Crippen molar-refractivity contribution in [3.63, 3.8) is 0 Å². The van der Waals surface area contributed by atoms with Gasteiger partial charge in [0.05, 0.1) is 0 Å². The molecule has 0 heterocycles. The lowest BCUT2D eigenvalue weighted by molar-refractivity contribution is 1.28. The molecule has 0 spiro atoms. The third-order valence-electron chi connectivity index (χ3n) is 4.25. The van der Waals surface area contributed by atoms with E-state index >= 15 is 0 Å². The van der Waals surface area contributed by atoms with Gasteiger partial charge in [0.15, 0.2) is 0 Å². The quantitative estimate of drug-likeness (QED) is 0.563. The zero-order valence-electron chi connectivity index (χ0n) is 13.9. The Morgan fingerprint density at radius 2 is 1.09 bits per heavy atom. The minimum Gasteiger partial charge on any atom is -0.0622 e. The zero-order chi connectivity index (χ0) is 16.2. The van der Waals surface area contributed by atoms with Crippen LogP contribution in [0.25, 0.3) is 0 Å². The van der Waals surface area contributed by atoms with E-state index in [2.05, 4.69) is 93.6 Å². The van der Waals surface area contributed by atoms with Crippen LogP contribution in [-0.2, 0) is 0 Å². The van der Waals surface area contributed by atoms with Crippen molar-refractivity contribution in [3.05, 3.63) is 101 Å². The average molecular weight is 316 g/mol. The second-order valence-corrected chi connectivity index (χ2v) is 7.08. The third-order valence-corrected chi connectivity index (χ3v) is 5.50. The van der Waals surface area contributed by atoms with Gasteiger partial charge in [0, 0.05) is 10.6 Å². The third kappa shape index (κ3) is 3.60. The van der Waals surface area contributed by atoms with Crippen molar-refractivity contribution in [2.75, 3.05) is 0 Å². The highest BCUT2D eigenvalue weighted by Gasteiger charge is 2.07. The summed E-state index contributed by atoms with van der Waals surface area (Å²) < 4.78 is 0. The van der Waals surface area contributed by atoms with E-state index < -0.39 is 0 Å². The molecule has 0 atom stereocenters. The summed E-state index contributed by atoms with van der Waals surface area (Å²) in [5.41, 5.74) is 6.71. The van der Waals surface area contributed by atoms with Gasteiger partial charge in [-0.25, -0.2) is 0 Å². The maximum Gasteiger partial charge on any atom is 0.0168 e. The molecule has 0 fully saturated rings. The molecule has 3 rings (SSSR count). The van der Waals surface area contributed by atoms with E-state index in [1.165, 1.54) is 46.6 Å². The first-order valence-corrected chi connectivity index (χ1v) is 8.82. The van der Waals surface area contributed by atoms with Gasteiger partial charge in [0.2, 0.25) is 0 Å². The number of aryl methyl sites for hydroxylation is 2. The molecule has 0 aromatic heterocycles. The molecule has 1 heteroatoms. The second-order valence-electron chi connectivity index (χ2n) is 5.90. The fourth-order valence-corrected chi connectivity index (χ4v) is 4.03. The first kappa shape index (κ1) is 15.7. The van der Waals surface area contributed by atoms with E-state index in [1.54, 1.807) is 0 Å². The molecule has 0 saturated carbocycles. The van der Waals surface area contributed by atoms with Crippen LogP contribution >= 0.6 is 8.20 Å². The lowest BCUT2D eigenvalue weighted by Gasteiger charge is -2.10. The predicted molar refractivity (Wildman–Crippen MR) is 103 cm³/mol. The Labute approximate surface area is 140 Å². The van der Waals surface area contributed by atoms with Crippen molar-refractivity contribution in [1.29, 1.82) is 0 Å². The number of rotatable bonds is 3. The van der Waals surface area contributed by atoms with Gasteiger partial charge < -0.3 is 0 Å². The summed E-state index contributed by atoms with van der Waals surface area (Å²) in [7, 11) is 1.25. The summed E-state index contributed by atoms with van der Waals surface area (Å²) in [4.78, 5) is 0. The Hall–Kier alpha value is -2.17.